The number of nitriles is 1. The van der Waals surface area contributed by atoms with Crippen LogP contribution in [0, 0.1) is 11.3 Å². The molecular weight excluding hydrogens is 218 g/mol. The van der Waals surface area contributed by atoms with Crippen molar-refractivity contribution in [3.63, 3.8) is 0 Å². The molecule has 1 nitrogen and oxygen atoms in total. The van der Waals surface area contributed by atoms with E-state index in [2.05, 4.69) is 26.0 Å². The van der Waals surface area contributed by atoms with Gasteiger partial charge >= 0.3 is 0 Å². The fourth-order valence-electron chi connectivity index (χ4n) is 2.61. The fraction of sp³-hybridized carbons (Fsp3) is 0.706. The molecule has 0 atom stereocenters. The van der Waals surface area contributed by atoms with E-state index in [9.17, 15) is 5.26 Å². The highest BCUT2D eigenvalue weighted by Gasteiger charge is 2.15. The number of rotatable bonds is 6. The zero-order chi connectivity index (χ0) is 13.2. The SMILES string of the molecule is CCCC/C=C1\CCCC\C1=C(\C#N)CCCC. The molecule has 0 N–H and O–H groups in total. The Hall–Kier alpha value is -1.03. The molecule has 0 aromatic carbocycles. The number of hydrogen-bond acceptors (Lipinski definition) is 1. The highest BCUT2D eigenvalue weighted by Crippen LogP contribution is 2.33. The monoisotopic (exact) mass is 245 g/mol. The highest BCUT2D eigenvalue weighted by molar-refractivity contribution is 5.42. The summed E-state index contributed by atoms with van der Waals surface area (Å²) in [6.45, 7) is 4.43. The van der Waals surface area contributed by atoms with Crippen LogP contribution in [0.3, 0.4) is 0 Å². The maximum Gasteiger partial charge on any atom is 0.0950 e. The van der Waals surface area contributed by atoms with Gasteiger partial charge < -0.3 is 0 Å². The summed E-state index contributed by atoms with van der Waals surface area (Å²) < 4.78 is 0. The molecule has 0 aromatic rings. The second-order valence-electron chi connectivity index (χ2n) is 5.25. The summed E-state index contributed by atoms with van der Waals surface area (Å²) in [7, 11) is 0. The van der Waals surface area contributed by atoms with E-state index in [0.717, 1.165) is 24.8 Å². The molecule has 1 rings (SSSR count). The van der Waals surface area contributed by atoms with Crippen molar-refractivity contribution in [3.05, 3.63) is 22.8 Å². The maximum atomic E-state index is 9.36. The average molecular weight is 245 g/mol. The van der Waals surface area contributed by atoms with Gasteiger partial charge in [0.2, 0.25) is 0 Å². The van der Waals surface area contributed by atoms with Crippen LogP contribution in [0.25, 0.3) is 0 Å². The maximum absolute atomic E-state index is 9.36. The van der Waals surface area contributed by atoms with Gasteiger partial charge in [0.15, 0.2) is 0 Å². The third kappa shape index (κ3) is 4.69. The Morgan fingerprint density at radius 3 is 2.56 bits per heavy atom. The van der Waals surface area contributed by atoms with Crippen molar-refractivity contribution in [1.29, 1.82) is 5.26 Å². The first-order valence-corrected chi connectivity index (χ1v) is 7.65. The second kappa shape index (κ2) is 8.97. The van der Waals surface area contributed by atoms with Gasteiger partial charge in [-0.3, -0.25) is 0 Å². The van der Waals surface area contributed by atoms with Gasteiger partial charge in [0, 0.05) is 5.57 Å². The molecule has 0 saturated heterocycles. The Morgan fingerprint density at radius 1 is 1.17 bits per heavy atom. The Labute approximate surface area is 113 Å². The topological polar surface area (TPSA) is 23.8 Å². The predicted molar refractivity (Wildman–Crippen MR) is 78.2 cm³/mol. The molecule has 100 valence electrons. The van der Waals surface area contributed by atoms with Gasteiger partial charge in [0.25, 0.3) is 0 Å². The van der Waals surface area contributed by atoms with Crippen LogP contribution in [0.1, 0.15) is 78.1 Å². The normalized spacial score (nSPS) is 20.8. The van der Waals surface area contributed by atoms with Gasteiger partial charge in [-0.2, -0.15) is 5.26 Å². The van der Waals surface area contributed by atoms with Crippen LogP contribution in [-0.4, -0.2) is 0 Å². The average Bonchev–Trinajstić information content (AvgIpc) is 2.41. The van der Waals surface area contributed by atoms with E-state index >= 15 is 0 Å². The fourth-order valence-corrected chi connectivity index (χ4v) is 2.61. The second-order valence-corrected chi connectivity index (χ2v) is 5.25. The molecule has 0 aromatic heterocycles. The molecule has 1 saturated carbocycles. The minimum atomic E-state index is 0.980. The molecular formula is C17H27N. The van der Waals surface area contributed by atoms with E-state index in [1.807, 2.05) is 0 Å². The lowest BCUT2D eigenvalue weighted by molar-refractivity contribution is 0.662. The van der Waals surface area contributed by atoms with Crippen LogP contribution in [0.4, 0.5) is 0 Å². The Bertz CT molecular complexity index is 341. The smallest absolute Gasteiger partial charge is 0.0950 e. The molecule has 0 bridgehead atoms. The van der Waals surface area contributed by atoms with Crippen molar-refractivity contribution < 1.29 is 0 Å². The van der Waals surface area contributed by atoms with Crippen LogP contribution in [-0.2, 0) is 0 Å². The minimum Gasteiger partial charge on any atom is -0.193 e. The van der Waals surface area contributed by atoms with Crippen LogP contribution in [0.5, 0.6) is 0 Å². The third-order valence-corrected chi connectivity index (χ3v) is 3.74. The van der Waals surface area contributed by atoms with Crippen LogP contribution < -0.4 is 0 Å². The lowest BCUT2D eigenvalue weighted by atomic mass is 9.84. The zero-order valence-electron chi connectivity index (χ0n) is 12.1. The first-order valence-electron chi connectivity index (χ1n) is 7.65. The Balaban J connectivity index is 2.81. The highest BCUT2D eigenvalue weighted by atomic mass is 14.3. The summed E-state index contributed by atoms with van der Waals surface area (Å²) in [4.78, 5) is 0. The molecule has 0 amide bonds. The van der Waals surface area contributed by atoms with E-state index in [-0.39, 0.29) is 0 Å². The summed E-state index contributed by atoms with van der Waals surface area (Å²) in [5.74, 6) is 0. The van der Waals surface area contributed by atoms with Gasteiger partial charge in [-0.15, -0.1) is 0 Å². The van der Waals surface area contributed by atoms with Crippen LogP contribution in [0.15, 0.2) is 22.8 Å². The van der Waals surface area contributed by atoms with Crippen molar-refractivity contribution in [3.8, 4) is 6.07 Å². The molecule has 0 unspecified atom stereocenters. The molecule has 0 aliphatic heterocycles. The van der Waals surface area contributed by atoms with E-state index < -0.39 is 0 Å². The van der Waals surface area contributed by atoms with E-state index in [1.165, 1.54) is 56.1 Å². The van der Waals surface area contributed by atoms with E-state index in [4.69, 9.17) is 0 Å². The standard InChI is InChI=1S/C17H27N/c1-3-5-7-11-15-12-8-9-13-17(15)16(14-18)10-6-4-2/h11H,3-10,12-13H2,1-2H3/b15-11+,17-16-. The van der Waals surface area contributed by atoms with Gasteiger partial charge in [0.1, 0.15) is 0 Å². The summed E-state index contributed by atoms with van der Waals surface area (Å²) in [5, 5.41) is 9.36. The summed E-state index contributed by atoms with van der Waals surface area (Å²) in [5.41, 5.74) is 3.95. The molecule has 18 heavy (non-hydrogen) atoms. The number of unbranched alkanes of at least 4 members (excludes halogenated alkanes) is 3. The zero-order valence-corrected chi connectivity index (χ0v) is 12.1. The molecule has 0 heterocycles. The predicted octanol–water partition coefficient (Wildman–Crippen LogP) is 5.69. The summed E-state index contributed by atoms with van der Waals surface area (Å²) >= 11 is 0. The first-order chi connectivity index (χ1) is 8.83. The van der Waals surface area contributed by atoms with Gasteiger partial charge in [-0.1, -0.05) is 39.2 Å². The van der Waals surface area contributed by atoms with E-state index in [1.54, 1.807) is 0 Å². The van der Waals surface area contributed by atoms with E-state index in [0.29, 0.717) is 0 Å². The van der Waals surface area contributed by atoms with Crippen molar-refractivity contribution in [1.82, 2.24) is 0 Å². The Kier molecular flexibility index (Phi) is 7.49. The van der Waals surface area contributed by atoms with Gasteiger partial charge in [0.05, 0.1) is 6.07 Å². The Morgan fingerprint density at radius 2 is 1.89 bits per heavy atom. The van der Waals surface area contributed by atoms with Crippen molar-refractivity contribution in [2.45, 2.75) is 78.1 Å². The summed E-state index contributed by atoms with van der Waals surface area (Å²) in [6.07, 6.45) is 14.3. The van der Waals surface area contributed by atoms with Gasteiger partial charge in [-0.05, 0) is 56.1 Å². The molecule has 0 radical (unpaired) electrons. The molecule has 0 spiro atoms. The number of hydrogen-bond donors (Lipinski definition) is 0. The molecule has 1 aliphatic rings. The van der Waals surface area contributed by atoms with Gasteiger partial charge in [-0.25, -0.2) is 0 Å². The van der Waals surface area contributed by atoms with Crippen LogP contribution >= 0.6 is 0 Å². The molecule has 1 heteroatoms. The van der Waals surface area contributed by atoms with Crippen LogP contribution in [0.2, 0.25) is 0 Å². The number of nitrogens with zero attached hydrogens (tertiary/aromatic N) is 1. The summed E-state index contributed by atoms with van der Waals surface area (Å²) in [6, 6.07) is 2.47. The lowest BCUT2D eigenvalue weighted by Crippen LogP contribution is -2.02. The quantitative estimate of drug-likeness (QED) is 0.436. The van der Waals surface area contributed by atoms with Crippen molar-refractivity contribution in [2.75, 3.05) is 0 Å². The largest absolute Gasteiger partial charge is 0.193 e. The molecule has 1 fully saturated rings. The number of allylic oxidation sites excluding steroid dienone is 4. The van der Waals surface area contributed by atoms with Crippen molar-refractivity contribution in [2.24, 2.45) is 0 Å². The third-order valence-electron chi connectivity index (χ3n) is 3.74. The van der Waals surface area contributed by atoms with Crippen molar-refractivity contribution >= 4 is 0 Å². The minimum absolute atomic E-state index is 0.980. The lowest BCUT2D eigenvalue weighted by Gasteiger charge is -2.20. The molecule has 1 aliphatic carbocycles. The first kappa shape index (κ1) is 15.0.